The van der Waals surface area contributed by atoms with E-state index in [1.165, 1.54) is 12.8 Å². The van der Waals surface area contributed by atoms with Crippen LogP contribution in [0.2, 0.25) is 0 Å². The summed E-state index contributed by atoms with van der Waals surface area (Å²) in [4.78, 5) is 25.1. The predicted octanol–water partition coefficient (Wildman–Crippen LogP) is 1.50. The largest absolute Gasteiger partial charge is 0.480 e. The third-order valence-electron chi connectivity index (χ3n) is 4.46. The molecule has 17 heavy (non-hydrogen) atoms. The van der Waals surface area contributed by atoms with E-state index >= 15 is 0 Å². The first-order valence-corrected chi connectivity index (χ1v) is 6.72. The number of aliphatic carboxylic acids is 1. The highest BCUT2D eigenvalue weighted by atomic mass is 16.4. The van der Waals surface area contributed by atoms with E-state index in [9.17, 15) is 9.59 Å². The fraction of sp³-hybridized carbons (Fsp3) is 0.846. The van der Waals surface area contributed by atoms with Crippen molar-refractivity contribution >= 4 is 11.9 Å². The van der Waals surface area contributed by atoms with Crippen LogP contribution in [0, 0.1) is 17.8 Å². The van der Waals surface area contributed by atoms with Crippen molar-refractivity contribution in [2.45, 2.75) is 44.6 Å². The van der Waals surface area contributed by atoms with Crippen LogP contribution in [0.3, 0.4) is 0 Å². The second-order valence-electron chi connectivity index (χ2n) is 5.72. The molecule has 94 valence electrons. The van der Waals surface area contributed by atoms with Crippen LogP contribution in [-0.4, -0.2) is 34.5 Å². The Morgan fingerprint density at radius 1 is 1.12 bits per heavy atom. The molecule has 4 nitrogen and oxygen atoms in total. The van der Waals surface area contributed by atoms with Crippen molar-refractivity contribution in [2.24, 2.45) is 17.8 Å². The highest BCUT2D eigenvalue weighted by Crippen LogP contribution is 2.55. The van der Waals surface area contributed by atoms with Crippen molar-refractivity contribution in [2.75, 3.05) is 6.54 Å². The van der Waals surface area contributed by atoms with Gasteiger partial charge < -0.3 is 10.0 Å². The van der Waals surface area contributed by atoms with E-state index in [0.717, 1.165) is 25.2 Å². The molecule has 0 aromatic rings. The molecule has 1 saturated heterocycles. The molecule has 1 amide bonds. The minimum absolute atomic E-state index is 0.119. The smallest absolute Gasteiger partial charge is 0.326 e. The minimum atomic E-state index is -0.832. The molecular weight excluding hydrogens is 218 g/mol. The lowest BCUT2D eigenvalue weighted by molar-refractivity contribution is -0.152. The van der Waals surface area contributed by atoms with Crippen LogP contribution in [0.15, 0.2) is 0 Å². The summed E-state index contributed by atoms with van der Waals surface area (Å²) >= 11 is 0. The molecule has 1 heterocycles. The molecule has 0 bridgehead atoms. The molecule has 0 aromatic heterocycles. The zero-order chi connectivity index (χ0) is 12.0. The molecule has 2 saturated carbocycles. The van der Waals surface area contributed by atoms with Gasteiger partial charge in [-0.2, -0.15) is 0 Å². The number of hydrogen-bond donors (Lipinski definition) is 1. The van der Waals surface area contributed by atoms with Gasteiger partial charge in [0.2, 0.25) is 5.91 Å². The number of carbonyl (C=O) groups excluding carboxylic acids is 1. The monoisotopic (exact) mass is 237 g/mol. The number of rotatable bonds is 3. The molecule has 0 spiro atoms. The maximum absolute atomic E-state index is 12.3. The van der Waals surface area contributed by atoms with E-state index in [2.05, 4.69) is 0 Å². The Balaban J connectivity index is 1.65. The highest BCUT2D eigenvalue weighted by Gasteiger charge is 2.53. The molecule has 1 aliphatic heterocycles. The van der Waals surface area contributed by atoms with Gasteiger partial charge >= 0.3 is 5.97 Å². The minimum Gasteiger partial charge on any atom is -0.480 e. The van der Waals surface area contributed by atoms with E-state index < -0.39 is 12.0 Å². The van der Waals surface area contributed by atoms with Gasteiger partial charge in [-0.05, 0) is 50.4 Å². The summed E-state index contributed by atoms with van der Waals surface area (Å²) in [6, 6.07) is -0.559. The Kier molecular flexibility index (Phi) is 2.60. The lowest BCUT2D eigenvalue weighted by Crippen LogP contribution is -2.48. The number of nitrogens with zero attached hydrogens (tertiary/aromatic N) is 1. The lowest BCUT2D eigenvalue weighted by atomic mass is 10.0. The molecule has 0 unspecified atom stereocenters. The standard InChI is InChI=1S/C13H19NO3/c15-12(10-7-9(10)8-4-5-8)14-6-2-1-3-11(14)13(16)17/h8-11H,1-7H2,(H,16,17)/t9-,10-,11-/m0/s1. The Morgan fingerprint density at radius 3 is 2.53 bits per heavy atom. The average molecular weight is 237 g/mol. The first-order chi connectivity index (χ1) is 8.18. The molecule has 4 heteroatoms. The van der Waals surface area contributed by atoms with Crippen LogP contribution < -0.4 is 0 Å². The van der Waals surface area contributed by atoms with Gasteiger partial charge in [0.15, 0.2) is 0 Å². The molecule has 3 rings (SSSR count). The zero-order valence-electron chi connectivity index (χ0n) is 9.97. The van der Waals surface area contributed by atoms with Crippen molar-refractivity contribution < 1.29 is 14.7 Å². The van der Waals surface area contributed by atoms with Crippen LogP contribution in [0.4, 0.5) is 0 Å². The Hall–Kier alpha value is -1.06. The summed E-state index contributed by atoms with van der Waals surface area (Å²) in [7, 11) is 0. The van der Waals surface area contributed by atoms with E-state index in [1.807, 2.05) is 0 Å². The third-order valence-corrected chi connectivity index (χ3v) is 4.46. The molecular formula is C13H19NO3. The third kappa shape index (κ3) is 2.05. The molecule has 3 fully saturated rings. The number of amides is 1. The van der Waals surface area contributed by atoms with Crippen LogP contribution in [-0.2, 0) is 9.59 Å². The van der Waals surface area contributed by atoms with Gasteiger partial charge in [0, 0.05) is 12.5 Å². The van der Waals surface area contributed by atoms with Gasteiger partial charge in [-0.1, -0.05) is 0 Å². The van der Waals surface area contributed by atoms with Gasteiger partial charge in [-0.15, -0.1) is 0 Å². The summed E-state index contributed by atoms with van der Waals surface area (Å²) in [5.74, 6) is 0.800. The summed E-state index contributed by atoms with van der Waals surface area (Å²) < 4.78 is 0. The normalized spacial score (nSPS) is 36.7. The quantitative estimate of drug-likeness (QED) is 0.809. The first kappa shape index (κ1) is 11.1. The number of likely N-dealkylation sites (tertiary alicyclic amines) is 1. The Labute approximate surface area is 101 Å². The van der Waals surface area contributed by atoms with Gasteiger partial charge in [0.1, 0.15) is 6.04 Å². The van der Waals surface area contributed by atoms with Crippen LogP contribution in [0.1, 0.15) is 38.5 Å². The van der Waals surface area contributed by atoms with E-state index in [0.29, 0.717) is 18.9 Å². The molecule has 0 aromatic carbocycles. The first-order valence-electron chi connectivity index (χ1n) is 6.72. The summed E-state index contributed by atoms with van der Waals surface area (Å²) in [6.45, 7) is 0.643. The van der Waals surface area contributed by atoms with Gasteiger partial charge in [0.05, 0.1) is 0 Å². The fourth-order valence-corrected chi connectivity index (χ4v) is 3.21. The number of carbonyl (C=O) groups is 2. The molecule has 1 N–H and O–H groups in total. The van der Waals surface area contributed by atoms with Crippen LogP contribution >= 0.6 is 0 Å². The van der Waals surface area contributed by atoms with Crippen LogP contribution in [0.5, 0.6) is 0 Å². The van der Waals surface area contributed by atoms with Crippen molar-refractivity contribution in [3.05, 3.63) is 0 Å². The van der Waals surface area contributed by atoms with E-state index in [-0.39, 0.29) is 11.8 Å². The van der Waals surface area contributed by atoms with Gasteiger partial charge in [-0.3, -0.25) is 4.79 Å². The molecule has 0 radical (unpaired) electrons. The van der Waals surface area contributed by atoms with E-state index in [4.69, 9.17) is 5.11 Å². The van der Waals surface area contributed by atoms with Crippen molar-refractivity contribution in [1.29, 1.82) is 0 Å². The topological polar surface area (TPSA) is 57.6 Å². The zero-order valence-corrected chi connectivity index (χ0v) is 9.97. The lowest BCUT2D eigenvalue weighted by Gasteiger charge is -2.33. The van der Waals surface area contributed by atoms with Crippen molar-refractivity contribution in [3.8, 4) is 0 Å². The maximum Gasteiger partial charge on any atom is 0.326 e. The Bertz CT molecular complexity index is 351. The number of piperidine rings is 1. The van der Waals surface area contributed by atoms with Gasteiger partial charge in [-0.25, -0.2) is 4.79 Å². The van der Waals surface area contributed by atoms with Gasteiger partial charge in [0.25, 0.3) is 0 Å². The number of carboxylic acid groups (broad SMARTS) is 1. The average Bonchev–Trinajstić information content (AvgIpc) is 3.15. The molecule has 2 aliphatic carbocycles. The van der Waals surface area contributed by atoms with Crippen LogP contribution in [0.25, 0.3) is 0 Å². The second-order valence-corrected chi connectivity index (χ2v) is 5.72. The fourth-order valence-electron chi connectivity index (χ4n) is 3.21. The SMILES string of the molecule is O=C(O)[C@@H]1CCCCN1C(=O)[C@H]1C[C@H]1C1CC1. The summed E-state index contributed by atoms with van der Waals surface area (Å²) in [5, 5.41) is 9.15. The Morgan fingerprint density at radius 2 is 1.88 bits per heavy atom. The summed E-state index contributed by atoms with van der Waals surface area (Å²) in [5.41, 5.74) is 0. The highest BCUT2D eigenvalue weighted by molar-refractivity contribution is 5.87. The van der Waals surface area contributed by atoms with Crippen molar-refractivity contribution in [3.63, 3.8) is 0 Å². The second kappa shape index (κ2) is 4.00. The maximum atomic E-state index is 12.3. The number of hydrogen-bond acceptors (Lipinski definition) is 2. The van der Waals surface area contributed by atoms with E-state index in [1.54, 1.807) is 4.90 Å². The summed E-state index contributed by atoms with van der Waals surface area (Å²) in [6.07, 6.45) is 6.07. The van der Waals surface area contributed by atoms with Crippen molar-refractivity contribution in [1.82, 2.24) is 4.90 Å². The predicted molar refractivity (Wildman–Crippen MR) is 61.3 cm³/mol. The molecule has 3 atom stereocenters. The number of carboxylic acids is 1. The molecule has 3 aliphatic rings.